The van der Waals surface area contributed by atoms with Gasteiger partial charge in [-0.1, -0.05) is 0 Å². The van der Waals surface area contributed by atoms with E-state index in [-0.39, 0.29) is 78.6 Å². The first-order chi connectivity index (χ1) is 0. The molecule has 0 unspecified atom stereocenters. The van der Waals surface area contributed by atoms with Crippen molar-refractivity contribution in [2.24, 2.45) is 0 Å². The first kappa shape index (κ1) is 31.3. The second kappa shape index (κ2) is 17.8. The van der Waals surface area contributed by atoms with Crippen LogP contribution in [0.4, 0.5) is 0 Å². The van der Waals surface area contributed by atoms with E-state index in [4.69, 9.17) is 0 Å². The maximum atomic E-state index is 0. The van der Waals surface area contributed by atoms with Gasteiger partial charge in [0.25, 0.3) is 0 Å². The fourth-order valence-corrected chi connectivity index (χ4v) is 0. The molecule has 0 atom stereocenters. The largest absolute Gasteiger partial charge is 0 e. The zero-order chi connectivity index (χ0) is 0. The van der Waals surface area contributed by atoms with Gasteiger partial charge in [0, 0.05) is 43.4 Å². The molecule has 4 heteroatoms. The molecular formula is H8Ge2Ti2. The van der Waals surface area contributed by atoms with Crippen molar-refractivity contribution in [2.45, 2.75) is 0 Å². The smallest absolute Gasteiger partial charge is 0 e. The molecule has 0 aliphatic heterocycles. The average molecular weight is 249 g/mol. The molecule has 0 spiro atoms. The molecule has 0 nitrogen and oxygen atoms in total. The number of rotatable bonds is 0. The minimum atomic E-state index is 0. The summed E-state index contributed by atoms with van der Waals surface area (Å²) in [7, 11) is 0. The van der Waals surface area contributed by atoms with Crippen molar-refractivity contribution >= 4 is 35.2 Å². The van der Waals surface area contributed by atoms with Gasteiger partial charge in [-0.15, -0.1) is 0 Å². The Morgan fingerprint density at radius 3 is 0.500 bits per heavy atom. The Morgan fingerprint density at radius 1 is 0.500 bits per heavy atom. The molecule has 0 aliphatic rings. The van der Waals surface area contributed by atoms with Crippen LogP contribution in [0.1, 0.15) is 0 Å². The van der Waals surface area contributed by atoms with Crippen LogP contribution in [0.3, 0.4) is 0 Å². The summed E-state index contributed by atoms with van der Waals surface area (Å²) in [5, 5.41) is 0. The quantitative estimate of drug-likeness (QED) is 0.404. The van der Waals surface area contributed by atoms with Crippen molar-refractivity contribution in [1.82, 2.24) is 0 Å². The monoisotopic (exact) mass is 252 g/mol. The Kier molecular flexibility index (Phi) is 139. The van der Waals surface area contributed by atoms with E-state index in [1.54, 1.807) is 0 Å². The van der Waals surface area contributed by atoms with Gasteiger partial charge in [-0.05, 0) is 0 Å². The zero-order valence-corrected chi connectivity index (χ0v) is 4.12. The van der Waals surface area contributed by atoms with E-state index in [0.717, 1.165) is 0 Å². The van der Waals surface area contributed by atoms with E-state index >= 15 is 0 Å². The SMILES string of the molecule is [GeH4].[GeH4].[Ti].[Ti]. The van der Waals surface area contributed by atoms with Gasteiger partial charge in [0.1, 0.15) is 0 Å². The molecule has 0 N–H and O–H groups in total. The minimum Gasteiger partial charge on any atom is 0 e. The molecule has 0 radical (unpaired) electrons. The molecular weight excluding hydrogens is 241 g/mol. The van der Waals surface area contributed by atoms with Gasteiger partial charge in [0.05, 0.1) is 0 Å². The minimum absolute atomic E-state index is 0. The van der Waals surface area contributed by atoms with Gasteiger partial charge in [-0.25, -0.2) is 0 Å². The standard InChI is InChI=1S/2GeH4.2Ti/h2*1H4;;. The van der Waals surface area contributed by atoms with E-state index in [1.165, 1.54) is 0 Å². The molecule has 0 saturated carbocycles. The van der Waals surface area contributed by atoms with Crippen molar-refractivity contribution < 1.29 is 43.4 Å². The molecule has 4 heavy (non-hydrogen) atoms. The molecule has 0 amide bonds. The summed E-state index contributed by atoms with van der Waals surface area (Å²) in [6.45, 7) is 0. The van der Waals surface area contributed by atoms with Gasteiger partial charge in [0.2, 0.25) is 0 Å². The summed E-state index contributed by atoms with van der Waals surface area (Å²) in [6.07, 6.45) is 0. The number of hydrogen-bond donors (Lipinski definition) is 0. The summed E-state index contributed by atoms with van der Waals surface area (Å²) in [5.74, 6) is 0. The second-order valence-corrected chi connectivity index (χ2v) is 0. The molecule has 0 heterocycles. The van der Waals surface area contributed by atoms with Crippen LogP contribution in [0, 0.1) is 0 Å². The topological polar surface area (TPSA) is 0 Å². The normalized spacial score (nSPS) is 0. The molecule has 24 valence electrons. The van der Waals surface area contributed by atoms with Crippen LogP contribution in [0.15, 0.2) is 0 Å². The fraction of sp³-hybridized carbons (Fsp3) is 0. The predicted molar refractivity (Wildman–Crippen MR) is 22.7 cm³/mol. The maximum Gasteiger partial charge on any atom is 0 e. The van der Waals surface area contributed by atoms with Crippen LogP contribution in [-0.4, -0.2) is 35.2 Å². The molecule has 0 aliphatic carbocycles. The summed E-state index contributed by atoms with van der Waals surface area (Å²) in [6, 6.07) is 0. The molecule has 0 bridgehead atoms. The van der Waals surface area contributed by atoms with E-state index < -0.39 is 0 Å². The zero-order valence-electron chi connectivity index (χ0n) is 1.00. The summed E-state index contributed by atoms with van der Waals surface area (Å²) in [5.41, 5.74) is 0. The van der Waals surface area contributed by atoms with Crippen LogP contribution in [0.25, 0.3) is 0 Å². The molecule has 0 saturated heterocycles. The Bertz CT molecular complexity index is 4.00. The summed E-state index contributed by atoms with van der Waals surface area (Å²) in [4.78, 5) is 0. The van der Waals surface area contributed by atoms with Crippen molar-refractivity contribution in [3.8, 4) is 0 Å². The third-order valence-corrected chi connectivity index (χ3v) is 0. The maximum absolute atomic E-state index is 0. The van der Waals surface area contributed by atoms with Crippen molar-refractivity contribution in [2.75, 3.05) is 0 Å². The average Bonchev–Trinajstić information content (AvgIpc) is 0. The molecule has 0 aromatic heterocycles. The van der Waals surface area contributed by atoms with Gasteiger partial charge < -0.3 is 0 Å². The van der Waals surface area contributed by atoms with E-state index in [1.807, 2.05) is 0 Å². The Labute approximate surface area is 77.6 Å². The van der Waals surface area contributed by atoms with E-state index in [2.05, 4.69) is 0 Å². The fourth-order valence-electron chi connectivity index (χ4n) is 0. The molecule has 0 rings (SSSR count). The predicted octanol–water partition coefficient (Wildman–Crippen LogP) is -2.91. The van der Waals surface area contributed by atoms with Crippen molar-refractivity contribution in [3.63, 3.8) is 0 Å². The van der Waals surface area contributed by atoms with Crippen LogP contribution < -0.4 is 0 Å². The third kappa shape index (κ3) is 8.82. The Morgan fingerprint density at radius 2 is 0.500 bits per heavy atom. The van der Waals surface area contributed by atoms with Gasteiger partial charge in [-0.2, -0.15) is 0 Å². The molecule has 0 aromatic carbocycles. The third-order valence-electron chi connectivity index (χ3n) is 0. The number of hydrogen-bond acceptors (Lipinski definition) is 0. The van der Waals surface area contributed by atoms with Crippen molar-refractivity contribution in [3.05, 3.63) is 0 Å². The Balaban J connectivity index is 0. The van der Waals surface area contributed by atoms with Gasteiger partial charge in [0.15, 0.2) is 0 Å². The van der Waals surface area contributed by atoms with Crippen LogP contribution in [0.2, 0.25) is 0 Å². The van der Waals surface area contributed by atoms with Crippen LogP contribution >= 0.6 is 0 Å². The summed E-state index contributed by atoms with van der Waals surface area (Å²) >= 11 is 0. The van der Waals surface area contributed by atoms with Crippen molar-refractivity contribution in [1.29, 1.82) is 0 Å². The van der Waals surface area contributed by atoms with Gasteiger partial charge >= 0.3 is 35.2 Å². The first-order valence-corrected chi connectivity index (χ1v) is 0. The van der Waals surface area contributed by atoms with Gasteiger partial charge in [-0.3, -0.25) is 0 Å². The van der Waals surface area contributed by atoms with E-state index in [9.17, 15) is 0 Å². The molecule has 0 aromatic rings. The van der Waals surface area contributed by atoms with Crippen LogP contribution in [-0.2, 0) is 43.4 Å². The first-order valence-electron chi connectivity index (χ1n) is 0. The van der Waals surface area contributed by atoms with E-state index in [0.29, 0.717) is 0 Å². The van der Waals surface area contributed by atoms with Crippen LogP contribution in [0.5, 0.6) is 0 Å². The summed E-state index contributed by atoms with van der Waals surface area (Å²) < 4.78 is 0. The Hall–Kier alpha value is 2.51. The molecule has 0 fully saturated rings. The second-order valence-electron chi connectivity index (χ2n) is 0.